The highest BCUT2D eigenvalue weighted by molar-refractivity contribution is 5.20. The zero-order valence-corrected chi connectivity index (χ0v) is 12.6. The van der Waals surface area contributed by atoms with Crippen LogP contribution in [0.3, 0.4) is 0 Å². The molecule has 4 nitrogen and oxygen atoms in total. The van der Waals surface area contributed by atoms with Crippen molar-refractivity contribution in [3.63, 3.8) is 0 Å². The molecule has 0 atom stereocenters. The quantitative estimate of drug-likeness (QED) is 0.918. The first-order valence-electron chi connectivity index (χ1n) is 8.00. The minimum absolute atomic E-state index is 0.256. The maximum atomic E-state index is 5.63. The lowest BCUT2D eigenvalue weighted by molar-refractivity contribution is -0.0526. The van der Waals surface area contributed by atoms with E-state index in [0.29, 0.717) is 0 Å². The second-order valence-corrected chi connectivity index (χ2v) is 7.26. The third-order valence-electron chi connectivity index (χ3n) is 5.75. The van der Waals surface area contributed by atoms with Gasteiger partial charge in [-0.2, -0.15) is 5.10 Å². The molecule has 4 heteroatoms. The summed E-state index contributed by atoms with van der Waals surface area (Å²) in [5.74, 6) is 3.76. The average Bonchev–Trinajstić information content (AvgIpc) is 2.81. The minimum atomic E-state index is 0.256. The fraction of sp³-hybridized carbons (Fsp3) is 0.812. The lowest BCUT2D eigenvalue weighted by Crippen LogP contribution is -2.52. The maximum absolute atomic E-state index is 5.63. The van der Waals surface area contributed by atoms with E-state index in [2.05, 4.69) is 16.1 Å². The van der Waals surface area contributed by atoms with E-state index in [1.165, 1.54) is 38.5 Å². The molecule has 0 spiro atoms. The van der Waals surface area contributed by atoms with Crippen molar-refractivity contribution < 1.29 is 4.74 Å². The fourth-order valence-corrected chi connectivity index (χ4v) is 5.49. The molecular formula is C16H25N3O. The molecule has 4 aliphatic rings. The van der Waals surface area contributed by atoms with Gasteiger partial charge in [0, 0.05) is 12.6 Å². The van der Waals surface area contributed by atoms with Crippen LogP contribution in [0.1, 0.15) is 44.2 Å². The van der Waals surface area contributed by atoms with Crippen molar-refractivity contribution in [2.24, 2.45) is 17.8 Å². The topological polar surface area (TPSA) is 39.1 Å². The van der Waals surface area contributed by atoms with Crippen LogP contribution in [0.4, 0.5) is 0 Å². The number of rotatable bonds is 4. The number of ether oxygens (including phenoxy) is 1. The van der Waals surface area contributed by atoms with Crippen LogP contribution in [0, 0.1) is 17.8 Å². The lowest BCUT2D eigenvalue weighted by atomic mass is 9.53. The first kappa shape index (κ1) is 12.7. The molecule has 4 fully saturated rings. The second kappa shape index (κ2) is 4.48. The van der Waals surface area contributed by atoms with Gasteiger partial charge in [-0.25, -0.2) is 4.68 Å². The van der Waals surface area contributed by atoms with Gasteiger partial charge >= 0.3 is 0 Å². The Morgan fingerprint density at radius 3 is 2.35 bits per heavy atom. The molecule has 1 N–H and O–H groups in total. The van der Waals surface area contributed by atoms with Gasteiger partial charge in [-0.15, -0.1) is 0 Å². The summed E-state index contributed by atoms with van der Waals surface area (Å²) >= 11 is 0. The Kier molecular flexibility index (Phi) is 2.85. The average molecular weight is 275 g/mol. The van der Waals surface area contributed by atoms with Gasteiger partial charge in [-0.1, -0.05) is 0 Å². The van der Waals surface area contributed by atoms with Crippen molar-refractivity contribution in [1.29, 1.82) is 0 Å². The molecule has 4 bridgehead atoms. The Morgan fingerprint density at radius 2 is 1.85 bits per heavy atom. The molecule has 0 saturated heterocycles. The molecule has 1 aromatic rings. The second-order valence-electron chi connectivity index (χ2n) is 7.26. The number of nitrogens with one attached hydrogen (secondary N) is 1. The molecule has 0 amide bonds. The highest BCUT2D eigenvalue weighted by Crippen LogP contribution is 2.59. The van der Waals surface area contributed by atoms with Gasteiger partial charge in [-0.3, -0.25) is 0 Å². The molecule has 0 unspecified atom stereocenters. The third kappa shape index (κ3) is 1.80. The van der Waals surface area contributed by atoms with Crippen molar-refractivity contribution in [3.8, 4) is 5.88 Å². The summed E-state index contributed by atoms with van der Waals surface area (Å²) in [6.45, 7) is 0.815. The van der Waals surface area contributed by atoms with Gasteiger partial charge in [0.05, 0.1) is 18.3 Å². The molecule has 4 aliphatic carbocycles. The van der Waals surface area contributed by atoms with Gasteiger partial charge in [0.15, 0.2) is 0 Å². The fourth-order valence-electron chi connectivity index (χ4n) is 5.49. The monoisotopic (exact) mass is 275 g/mol. The van der Waals surface area contributed by atoms with Gasteiger partial charge in [-0.05, 0) is 63.3 Å². The normalized spacial score (nSPS) is 38.4. The molecule has 5 rings (SSSR count). The molecule has 1 heterocycles. The van der Waals surface area contributed by atoms with Crippen molar-refractivity contribution in [2.75, 3.05) is 14.2 Å². The molecule has 0 aromatic carbocycles. The van der Waals surface area contributed by atoms with Crippen LogP contribution in [-0.4, -0.2) is 23.9 Å². The van der Waals surface area contributed by atoms with Crippen LogP contribution in [0.15, 0.2) is 6.07 Å². The molecular weight excluding hydrogens is 250 g/mol. The Hall–Kier alpha value is -1.03. The molecule has 110 valence electrons. The Morgan fingerprint density at radius 1 is 1.25 bits per heavy atom. The lowest BCUT2D eigenvalue weighted by Gasteiger charge is -2.56. The first-order chi connectivity index (χ1) is 9.72. The predicted octanol–water partition coefficient (Wildman–Crippen LogP) is 2.54. The number of hydrogen-bond acceptors (Lipinski definition) is 3. The number of methoxy groups -OCH3 is 1. The Labute approximate surface area is 120 Å². The van der Waals surface area contributed by atoms with E-state index in [9.17, 15) is 0 Å². The summed E-state index contributed by atoms with van der Waals surface area (Å²) in [6, 6.07) is 2.11. The van der Waals surface area contributed by atoms with Crippen LogP contribution in [0.2, 0.25) is 0 Å². The standard InChI is InChI=1S/C16H25N3O/c1-17-10-14-6-15(20-2)19(18-14)16-7-11-3-12(8-16)5-13(4-11)9-16/h6,11-13,17H,3-5,7-10H2,1-2H3. The molecule has 20 heavy (non-hydrogen) atoms. The van der Waals surface area contributed by atoms with E-state index in [4.69, 9.17) is 9.84 Å². The van der Waals surface area contributed by atoms with E-state index in [0.717, 1.165) is 35.9 Å². The Balaban J connectivity index is 1.72. The summed E-state index contributed by atoms with van der Waals surface area (Å²) in [7, 11) is 3.74. The SMILES string of the molecule is CNCc1cc(OC)n(C23CC4CC(CC(C4)C2)C3)n1. The smallest absolute Gasteiger partial charge is 0.212 e. The molecule has 0 radical (unpaired) electrons. The van der Waals surface area contributed by atoms with Crippen LogP contribution >= 0.6 is 0 Å². The summed E-state index contributed by atoms with van der Waals surface area (Å²) < 4.78 is 7.89. The summed E-state index contributed by atoms with van der Waals surface area (Å²) in [5.41, 5.74) is 1.35. The zero-order chi connectivity index (χ0) is 13.7. The van der Waals surface area contributed by atoms with E-state index >= 15 is 0 Å². The van der Waals surface area contributed by atoms with Gasteiger partial charge < -0.3 is 10.1 Å². The van der Waals surface area contributed by atoms with Crippen LogP contribution in [0.5, 0.6) is 5.88 Å². The Bertz CT molecular complexity index is 473. The van der Waals surface area contributed by atoms with Crippen molar-refractivity contribution in [1.82, 2.24) is 15.1 Å². The summed E-state index contributed by atoms with van der Waals surface area (Å²) in [5, 5.41) is 8.08. The first-order valence-corrected chi connectivity index (χ1v) is 8.00. The van der Waals surface area contributed by atoms with E-state index in [1.54, 1.807) is 7.11 Å². The predicted molar refractivity (Wildman–Crippen MR) is 77.7 cm³/mol. The third-order valence-corrected chi connectivity index (χ3v) is 5.75. The number of aromatic nitrogens is 2. The summed E-state index contributed by atoms with van der Waals surface area (Å²) in [6.07, 6.45) is 8.34. The molecule has 1 aromatic heterocycles. The number of nitrogens with zero attached hydrogens (tertiary/aromatic N) is 2. The van der Waals surface area contributed by atoms with Crippen molar-refractivity contribution in [3.05, 3.63) is 11.8 Å². The maximum Gasteiger partial charge on any atom is 0.212 e. The van der Waals surface area contributed by atoms with E-state index in [-0.39, 0.29) is 5.54 Å². The van der Waals surface area contributed by atoms with Crippen LogP contribution in [-0.2, 0) is 12.1 Å². The molecule has 0 aliphatic heterocycles. The highest BCUT2D eigenvalue weighted by Gasteiger charge is 2.53. The molecule has 4 saturated carbocycles. The van der Waals surface area contributed by atoms with Gasteiger partial charge in [0.2, 0.25) is 5.88 Å². The van der Waals surface area contributed by atoms with Crippen molar-refractivity contribution >= 4 is 0 Å². The van der Waals surface area contributed by atoms with Crippen molar-refractivity contribution in [2.45, 2.75) is 50.6 Å². The minimum Gasteiger partial charge on any atom is -0.481 e. The largest absolute Gasteiger partial charge is 0.481 e. The zero-order valence-electron chi connectivity index (χ0n) is 12.6. The van der Waals surface area contributed by atoms with E-state index in [1.807, 2.05) is 7.05 Å². The number of hydrogen-bond donors (Lipinski definition) is 1. The van der Waals surface area contributed by atoms with Gasteiger partial charge in [0.25, 0.3) is 0 Å². The highest BCUT2D eigenvalue weighted by atomic mass is 16.5. The van der Waals surface area contributed by atoms with E-state index < -0.39 is 0 Å². The van der Waals surface area contributed by atoms with Crippen LogP contribution < -0.4 is 10.1 Å². The van der Waals surface area contributed by atoms with Gasteiger partial charge in [0.1, 0.15) is 0 Å². The summed E-state index contributed by atoms with van der Waals surface area (Å²) in [4.78, 5) is 0. The van der Waals surface area contributed by atoms with Crippen LogP contribution in [0.25, 0.3) is 0 Å².